The van der Waals surface area contributed by atoms with Crippen molar-refractivity contribution >= 4 is 24.8 Å². The molecule has 15 heavy (non-hydrogen) atoms. The van der Waals surface area contributed by atoms with Gasteiger partial charge in [-0.15, -0.1) is 24.8 Å². The minimum Gasteiger partial charge on any atom is -0.147 e. The number of unbranched alkanes of at least 4 members (excludes halogenated alkanes) is 3. The van der Waals surface area contributed by atoms with Gasteiger partial charge in [-0.25, -0.2) is 0 Å². The van der Waals surface area contributed by atoms with Crippen LogP contribution in [-0.2, 0) is 24.7 Å². The molecule has 0 aromatic rings. The van der Waals surface area contributed by atoms with E-state index in [-0.39, 0.29) is 24.8 Å². The normalized spacial score (nSPS) is 14.3. The minimum atomic E-state index is 0. The molecule has 0 radical (unpaired) electrons. The molecule has 0 aliphatic heterocycles. The zero-order chi connectivity index (χ0) is 9.68. The molecule has 0 aromatic carbocycles. The summed E-state index contributed by atoms with van der Waals surface area (Å²) < 4.78 is 1.70. The van der Waals surface area contributed by atoms with Gasteiger partial charge < -0.3 is 0 Å². The fourth-order valence-electron chi connectivity index (χ4n) is 1.82. The van der Waals surface area contributed by atoms with Gasteiger partial charge in [-0.2, -0.15) is 0 Å². The van der Waals surface area contributed by atoms with Gasteiger partial charge in [0.1, 0.15) is 0 Å². The second kappa shape index (κ2) is 10.1. The third-order valence-corrected chi connectivity index (χ3v) is 3.98. The topological polar surface area (TPSA) is 0 Å². The summed E-state index contributed by atoms with van der Waals surface area (Å²) in [4.78, 5) is 0. The molecule has 0 heterocycles. The molecular formula is C12H21Cl2Zr. The van der Waals surface area contributed by atoms with Crippen LogP contribution in [0.1, 0.15) is 52.4 Å². The second-order valence-corrected chi connectivity index (χ2v) is 5.34. The van der Waals surface area contributed by atoms with Crippen molar-refractivity contribution in [2.24, 2.45) is 0 Å². The van der Waals surface area contributed by atoms with Crippen molar-refractivity contribution in [1.82, 2.24) is 0 Å². The Kier molecular flexibility index (Phi) is 12.4. The number of halogens is 2. The van der Waals surface area contributed by atoms with Crippen LogP contribution >= 0.6 is 24.8 Å². The zero-order valence-electron chi connectivity index (χ0n) is 9.64. The predicted octanol–water partition coefficient (Wildman–Crippen LogP) is 4.95. The first kappa shape index (κ1) is 18.3. The molecule has 0 saturated heterocycles. The SMILES string of the molecule is CCCCCCC1=[C]([Zr])CC=C1C.Cl.Cl. The minimum absolute atomic E-state index is 0. The molecule has 1 rings (SSSR count). The summed E-state index contributed by atoms with van der Waals surface area (Å²) in [5.41, 5.74) is 3.25. The van der Waals surface area contributed by atoms with Crippen LogP contribution in [0.2, 0.25) is 0 Å². The fourth-order valence-corrected chi connectivity index (χ4v) is 2.86. The van der Waals surface area contributed by atoms with E-state index in [4.69, 9.17) is 0 Å². The fraction of sp³-hybridized carbons (Fsp3) is 0.667. The molecule has 0 fully saturated rings. The Bertz CT molecular complexity index is 232. The molecule has 87 valence electrons. The van der Waals surface area contributed by atoms with Gasteiger partial charge in [0.2, 0.25) is 0 Å². The smallest absolute Gasteiger partial charge is 0.147 e. The summed E-state index contributed by atoms with van der Waals surface area (Å²) in [6.45, 7) is 4.54. The first-order valence-electron chi connectivity index (χ1n) is 5.36. The summed E-state index contributed by atoms with van der Waals surface area (Å²) >= 11 is 1.63. The van der Waals surface area contributed by atoms with Crippen molar-refractivity contribution in [3.63, 3.8) is 0 Å². The van der Waals surface area contributed by atoms with Crippen LogP contribution in [-0.4, -0.2) is 0 Å². The Morgan fingerprint density at radius 2 is 1.87 bits per heavy atom. The predicted molar refractivity (Wildman–Crippen MR) is 68.7 cm³/mol. The molecule has 0 atom stereocenters. The van der Waals surface area contributed by atoms with Crippen molar-refractivity contribution in [2.45, 2.75) is 52.4 Å². The van der Waals surface area contributed by atoms with E-state index in [1.807, 2.05) is 0 Å². The summed E-state index contributed by atoms with van der Waals surface area (Å²) in [7, 11) is 0. The first-order chi connectivity index (χ1) is 6.25. The van der Waals surface area contributed by atoms with Crippen LogP contribution in [0.25, 0.3) is 0 Å². The molecule has 0 unspecified atom stereocenters. The molecule has 0 spiro atoms. The van der Waals surface area contributed by atoms with Crippen molar-refractivity contribution in [3.05, 3.63) is 20.5 Å². The van der Waals surface area contributed by atoms with E-state index in [9.17, 15) is 0 Å². The number of rotatable bonds is 5. The van der Waals surface area contributed by atoms with E-state index in [1.54, 1.807) is 39.1 Å². The maximum Gasteiger partial charge on any atom is -0.147 e. The molecule has 1 aliphatic rings. The van der Waals surface area contributed by atoms with E-state index < -0.39 is 0 Å². The van der Waals surface area contributed by atoms with Crippen molar-refractivity contribution in [1.29, 1.82) is 0 Å². The van der Waals surface area contributed by atoms with Crippen LogP contribution in [0, 0.1) is 0 Å². The summed E-state index contributed by atoms with van der Waals surface area (Å²) in [5, 5.41) is 0. The Morgan fingerprint density at radius 1 is 1.20 bits per heavy atom. The largest absolute Gasteiger partial charge is 0.147 e. The van der Waals surface area contributed by atoms with Gasteiger partial charge in [-0.3, -0.25) is 0 Å². The third-order valence-electron chi connectivity index (χ3n) is 2.73. The van der Waals surface area contributed by atoms with Gasteiger partial charge >= 0.3 is 97.6 Å². The van der Waals surface area contributed by atoms with Gasteiger partial charge in [-0.1, -0.05) is 0 Å². The standard InChI is InChI=1S/C12H19.2ClH.Zr/c1-3-4-5-6-9-12-10-7-8-11(12)2;;;/h8H,3-7,9H2,1-2H3;2*1H;. The Morgan fingerprint density at radius 3 is 2.33 bits per heavy atom. The number of hydrogen-bond donors (Lipinski definition) is 0. The first-order valence-corrected chi connectivity index (χ1v) is 6.59. The zero-order valence-corrected chi connectivity index (χ0v) is 13.7. The molecule has 0 amide bonds. The maximum absolute atomic E-state index is 2.39. The number of hydrogen-bond acceptors (Lipinski definition) is 0. The number of allylic oxidation sites excluding steroid dienone is 4. The average Bonchev–Trinajstić information content (AvgIpc) is 2.42. The second-order valence-electron chi connectivity index (χ2n) is 3.86. The Hall–Kier alpha value is 0.943. The average molecular weight is 327 g/mol. The van der Waals surface area contributed by atoms with Crippen molar-refractivity contribution < 1.29 is 24.7 Å². The monoisotopic (exact) mass is 325 g/mol. The van der Waals surface area contributed by atoms with Crippen LogP contribution in [0.15, 0.2) is 20.5 Å². The molecule has 0 bridgehead atoms. The van der Waals surface area contributed by atoms with E-state index in [0.717, 1.165) is 0 Å². The molecule has 1 aliphatic carbocycles. The van der Waals surface area contributed by atoms with Crippen LogP contribution < -0.4 is 0 Å². The van der Waals surface area contributed by atoms with E-state index in [0.29, 0.717) is 0 Å². The van der Waals surface area contributed by atoms with Gasteiger partial charge in [0.25, 0.3) is 0 Å². The van der Waals surface area contributed by atoms with E-state index in [1.165, 1.54) is 38.5 Å². The maximum atomic E-state index is 2.39. The molecular weight excluding hydrogens is 306 g/mol. The van der Waals surface area contributed by atoms with Crippen LogP contribution in [0.3, 0.4) is 0 Å². The van der Waals surface area contributed by atoms with Gasteiger partial charge in [-0.05, 0) is 0 Å². The molecule has 0 N–H and O–H groups in total. The van der Waals surface area contributed by atoms with E-state index >= 15 is 0 Å². The molecule has 0 nitrogen and oxygen atoms in total. The van der Waals surface area contributed by atoms with Crippen LogP contribution in [0.5, 0.6) is 0 Å². The van der Waals surface area contributed by atoms with Crippen molar-refractivity contribution in [2.75, 3.05) is 0 Å². The molecule has 0 aromatic heterocycles. The van der Waals surface area contributed by atoms with Crippen LogP contribution in [0.4, 0.5) is 0 Å². The Balaban J connectivity index is 0. The summed E-state index contributed by atoms with van der Waals surface area (Å²) in [5.74, 6) is 0. The quantitative estimate of drug-likeness (QED) is 0.627. The molecule has 0 saturated carbocycles. The third kappa shape index (κ3) is 6.29. The Labute approximate surface area is 122 Å². The van der Waals surface area contributed by atoms with Gasteiger partial charge in [0, 0.05) is 0 Å². The van der Waals surface area contributed by atoms with Gasteiger partial charge in [0.05, 0.1) is 0 Å². The van der Waals surface area contributed by atoms with E-state index in [2.05, 4.69) is 19.9 Å². The van der Waals surface area contributed by atoms with Gasteiger partial charge in [0.15, 0.2) is 0 Å². The summed E-state index contributed by atoms with van der Waals surface area (Å²) in [6, 6.07) is 0. The molecule has 3 heteroatoms. The van der Waals surface area contributed by atoms with Crippen molar-refractivity contribution in [3.8, 4) is 0 Å². The summed E-state index contributed by atoms with van der Waals surface area (Å²) in [6.07, 6.45) is 10.5.